The number of carbonyl (C=O) groups excluding carboxylic acids is 1. The molecule has 2 aromatic heterocycles. The van der Waals surface area contributed by atoms with Gasteiger partial charge in [0.15, 0.2) is 0 Å². The number of amides is 1. The molecule has 4 rings (SSSR count). The molecule has 1 atom stereocenters. The highest BCUT2D eigenvalue weighted by molar-refractivity contribution is 5.94. The molecule has 3 heterocycles. The van der Waals surface area contributed by atoms with E-state index in [-0.39, 0.29) is 11.8 Å². The molecule has 0 unspecified atom stereocenters. The van der Waals surface area contributed by atoms with Gasteiger partial charge in [-0.1, -0.05) is 30.3 Å². The topological polar surface area (TPSA) is 59.8 Å². The highest BCUT2D eigenvalue weighted by atomic mass is 16.1. The molecule has 1 aromatic carbocycles. The fourth-order valence-electron chi connectivity index (χ4n) is 2.86. The number of fused-ring (bicyclic) bond motifs is 1. The van der Waals surface area contributed by atoms with Gasteiger partial charge in [0.05, 0.1) is 17.6 Å². The van der Waals surface area contributed by atoms with Crippen LogP contribution in [-0.2, 0) is 4.79 Å². The number of nitrogens with one attached hydrogen (secondary N) is 1. The number of imidazole rings is 1. The molecule has 0 radical (unpaired) electrons. The first-order valence-electron chi connectivity index (χ1n) is 7.15. The molecule has 1 aliphatic heterocycles. The second-order valence-electron chi connectivity index (χ2n) is 5.28. The summed E-state index contributed by atoms with van der Waals surface area (Å²) in [6.07, 6.45) is 5.63. The van der Waals surface area contributed by atoms with Crippen LogP contribution in [0.5, 0.6) is 0 Å². The van der Waals surface area contributed by atoms with E-state index < -0.39 is 0 Å². The first kappa shape index (κ1) is 12.8. The number of pyridine rings is 1. The summed E-state index contributed by atoms with van der Waals surface area (Å²) in [6, 6.07) is 13.8. The number of anilines is 1. The Balaban J connectivity index is 1.83. The Morgan fingerprint density at radius 2 is 2.00 bits per heavy atom. The number of hydrogen-bond donors (Lipinski definition) is 1. The first-order chi connectivity index (χ1) is 10.8. The quantitative estimate of drug-likeness (QED) is 0.789. The molecular formula is C17H14N4O. The van der Waals surface area contributed by atoms with E-state index in [1.54, 1.807) is 18.7 Å². The van der Waals surface area contributed by atoms with Gasteiger partial charge in [-0.15, -0.1) is 0 Å². The van der Waals surface area contributed by atoms with Gasteiger partial charge < -0.3 is 5.32 Å². The largest absolute Gasteiger partial charge is 0.310 e. The molecule has 22 heavy (non-hydrogen) atoms. The van der Waals surface area contributed by atoms with Crippen molar-refractivity contribution in [3.05, 3.63) is 72.4 Å². The Labute approximate surface area is 127 Å². The maximum Gasteiger partial charge on any atom is 0.226 e. The fraction of sp³-hybridized carbons (Fsp3) is 0.118. The Morgan fingerprint density at radius 3 is 2.77 bits per heavy atom. The van der Waals surface area contributed by atoms with Gasteiger partial charge in [0.25, 0.3) is 0 Å². The van der Waals surface area contributed by atoms with Gasteiger partial charge in [-0.2, -0.15) is 0 Å². The fourth-order valence-corrected chi connectivity index (χ4v) is 2.86. The Morgan fingerprint density at radius 1 is 1.14 bits per heavy atom. The molecule has 0 bridgehead atoms. The number of hydrogen-bond acceptors (Lipinski definition) is 3. The van der Waals surface area contributed by atoms with Crippen molar-refractivity contribution in [2.45, 2.75) is 12.3 Å². The molecule has 0 saturated carbocycles. The summed E-state index contributed by atoms with van der Waals surface area (Å²) < 4.78 is 1.87. The van der Waals surface area contributed by atoms with Crippen LogP contribution in [0.25, 0.3) is 5.69 Å². The normalized spacial score (nSPS) is 16.9. The zero-order valence-corrected chi connectivity index (χ0v) is 11.8. The summed E-state index contributed by atoms with van der Waals surface area (Å²) in [7, 11) is 0. The lowest BCUT2D eigenvalue weighted by atomic mass is 9.90. The second kappa shape index (κ2) is 5.11. The van der Waals surface area contributed by atoms with E-state index in [9.17, 15) is 4.79 Å². The van der Waals surface area contributed by atoms with Crippen LogP contribution in [0.15, 0.2) is 61.2 Å². The highest BCUT2D eigenvalue weighted by Crippen LogP contribution is 2.36. The molecule has 0 spiro atoms. The van der Waals surface area contributed by atoms with E-state index in [0.717, 1.165) is 22.8 Å². The van der Waals surface area contributed by atoms with Crippen LogP contribution in [-0.4, -0.2) is 20.4 Å². The van der Waals surface area contributed by atoms with Crippen molar-refractivity contribution in [1.82, 2.24) is 14.5 Å². The van der Waals surface area contributed by atoms with Crippen molar-refractivity contribution < 1.29 is 4.79 Å². The standard InChI is InChI=1S/C17H14N4O/c22-15-9-14(12-5-2-1-3-6-12)16-17(20-15)21(11-19-16)13-7-4-8-18-10-13/h1-8,10-11,14H,9H2,(H,20,22)/t14-/m1/s1. The molecule has 5 nitrogen and oxygen atoms in total. The van der Waals surface area contributed by atoms with Gasteiger partial charge in [0.1, 0.15) is 12.1 Å². The zero-order valence-electron chi connectivity index (χ0n) is 11.8. The van der Waals surface area contributed by atoms with E-state index in [2.05, 4.69) is 15.3 Å². The molecule has 0 fully saturated rings. The molecule has 0 saturated heterocycles. The van der Waals surface area contributed by atoms with Crippen molar-refractivity contribution in [2.75, 3.05) is 5.32 Å². The molecular weight excluding hydrogens is 276 g/mol. The SMILES string of the molecule is O=C1C[C@H](c2ccccc2)c2ncn(-c3cccnc3)c2N1. The van der Waals surface area contributed by atoms with E-state index >= 15 is 0 Å². The van der Waals surface area contributed by atoms with Gasteiger partial charge in [-0.25, -0.2) is 4.98 Å². The van der Waals surface area contributed by atoms with Crippen LogP contribution < -0.4 is 5.32 Å². The van der Waals surface area contributed by atoms with Gasteiger partial charge in [0, 0.05) is 18.5 Å². The van der Waals surface area contributed by atoms with Crippen LogP contribution in [0.1, 0.15) is 23.6 Å². The summed E-state index contributed by atoms with van der Waals surface area (Å²) in [5.41, 5.74) is 2.88. The minimum Gasteiger partial charge on any atom is -0.310 e. The molecule has 108 valence electrons. The lowest BCUT2D eigenvalue weighted by Gasteiger charge is -2.23. The minimum absolute atomic E-state index is 0.00648. The third-order valence-electron chi connectivity index (χ3n) is 3.90. The summed E-state index contributed by atoms with van der Waals surface area (Å²) in [4.78, 5) is 20.8. The second-order valence-corrected chi connectivity index (χ2v) is 5.28. The summed E-state index contributed by atoms with van der Waals surface area (Å²) in [5.74, 6) is 0.730. The maximum atomic E-state index is 12.1. The summed E-state index contributed by atoms with van der Waals surface area (Å²) in [5, 5.41) is 2.94. The van der Waals surface area contributed by atoms with Gasteiger partial charge in [-0.3, -0.25) is 14.3 Å². The number of carbonyl (C=O) groups is 1. The van der Waals surface area contributed by atoms with Gasteiger partial charge >= 0.3 is 0 Å². The summed E-state index contributed by atoms with van der Waals surface area (Å²) >= 11 is 0. The monoisotopic (exact) mass is 290 g/mol. The lowest BCUT2D eigenvalue weighted by molar-refractivity contribution is -0.116. The number of rotatable bonds is 2. The smallest absolute Gasteiger partial charge is 0.226 e. The Hall–Kier alpha value is -2.95. The average molecular weight is 290 g/mol. The molecule has 0 aliphatic carbocycles. The van der Waals surface area contributed by atoms with Crippen molar-refractivity contribution >= 4 is 11.7 Å². The Kier molecular flexibility index (Phi) is 2.96. The van der Waals surface area contributed by atoms with Gasteiger partial charge in [0.2, 0.25) is 5.91 Å². The lowest BCUT2D eigenvalue weighted by Crippen LogP contribution is -2.24. The van der Waals surface area contributed by atoms with Gasteiger partial charge in [-0.05, 0) is 17.7 Å². The minimum atomic E-state index is -0.0112. The van der Waals surface area contributed by atoms with Crippen LogP contribution >= 0.6 is 0 Å². The third kappa shape index (κ3) is 2.07. The number of benzene rings is 1. The maximum absolute atomic E-state index is 12.1. The molecule has 1 amide bonds. The molecule has 5 heteroatoms. The third-order valence-corrected chi connectivity index (χ3v) is 3.90. The predicted molar refractivity (Wildman–Crippen MR) is 82.9 cm³/mol. The van der Waals surface area contributed by atoms with Crippen molar-refractivity contribution in [1.29, 1.82) is 0 Å². The number of nitrogens with zero attached hydrogens (tertiary/aromatic N) is 3. The van der Waals surface area contributed by atoms with Crippen LogP contribution in [0, 0.1) is 0 Å². The zero-order chi connectivity index (χ0) is 14.9. The van der Waals surface area contributed by atoms with Crippen molar-refractivity contribution in [3.8, 4) is 5.69 Å². The average Bonchev–Trinajstić information content (AvgIpc) is 2.99. The van der Waals surface area contributed by atoms with Crippen LogP contribution in [0.4, 0.5) is 5.82 Å². The predicted octanol–water partition coefficient (Wildman–Crippen LogP) is 2.74. The van der Waals surface area contributed by atoms with E-state index in [0.29, 0.717) is 6.42 Å². The Bertz CT molecular complexity index is 811. The number of aromatic nitrogens is 3. The summed E-state index contributed by atoms with van der Waals surface area (Å²) in [6.45, 7) is 0. The molecule has 1 aliphatic rings. The van der Waals surface area contributed by atoms with Crippen molar-refractivity contribution in [3.63, 3.8) is 0 Å². The first-order valence-corrected chi connectivity index (χ1v) is 7.15. The van der Waals surface area contributed by atoms with Crippen LogP contribution in [0.3, 0.4) is 0 Å². The molecule has 3 aromatic rings. The van der Waals surface area contributed by atoms with Crippen LogP contribution in [0.2, 0.25) is 0 Å². The molecule has 1 N–H and O–H groups in total. The van der Waals surface area contributed by atoms with Crippen molar-refractivity contribution in [2.24, 2.45) is 0 Å². The van der Waals surface area contributed by atoms with E-state index in [4.69, 9.17) is 0 Å². The highest BCUT2D eigenvalue weighted by Gasteiger charge is 2.30. The van der Waals surface area contributed by atoms with E-state index in [1.807, 2.05) is 47.0 Å². The van der Waals surface area contributed by atoms with E-state index in [1.165, 1.54) is 0 Å².